The minimum absolute atomic E-state index is 0.0297. The van der Waals surface area contributed by atoms with Crippen molar-refractivity contribution in [3.05, 3.63) is 18.1 Å². The fourth-order valence-corrected chi connectivity index (χ4v) is 4.89. The van der Waals surface area contributed by atoms with Gasteiger partial charge in [-0.1, -0.05) is 0 Å². The second-order valence-corrected chi connectivity index (χ2v) is 9.31. The zero-order valence-electron chi connectivity index (χ0n) is 19.5. The number of likely N-dealkylation sites (tertiary alicyclic amines) is 2. The van der Waals surface area contributed by atoms with Gasteiger partial charge in [0.05, 0.1) is 18.8 Å². The first-order chi connectivity index (χ1) is 16.8. The van der Waals surface area contributed by atoms with Crippen LogP contribution in [0, 0.1) is 11.3 Å². The highest BCUT2D eigenvalue weighted by Gasteiger charge is 2.36. The number of carbonyl (C=O) groups is 1. The van der Waals surface area contributed by atoms with Crippen molar-refractivity contribution in [2.45, 2.75) is 75.5 Å². The number of nitriles is 1. The molecule has 1 aliphatic carbocycles. The Kier molecular flexibility index (Phi) is 8.28. The van der Waals surface area contributed by atoms with E-state index < -0.39 is 24.9 Å². The summed E-state index contributed by atoms with van der Waals surface area (Å²) in [5, 5.41) is 9.12. The van der Waals surface area contributed by atoms with Crippen molar-refractivity contribution >= 4 is 6.09 Å². The highest BCUT2D eigenvalue weighted by Crippen LogP contribution is 2.28. The summed E-state index contributed by atoms with van der Waals surface area (Å²) in [7, 11) is 0. The summed E-state index contributed by atoms with van der Waals surface area (Å²) in [5.41, 5.74) is 0.183. The summed E-state index contributed by atoms with van der Waals surface area (Å²) >= 11 is 0. The smallest absolute Gasteiger partial charge is 0.410 e. The molecule has 2 aliphatic heterocycles. The minimum Gasteiger partial charge on any atom is -0.472 e. The fourth-order valence-electron chi connectivity index (χ4n) is 4.89. The van der Waals surface area contributed by atoms with Crippen molar-refractivity contribution in [1.29, 1.82) is 5.26 Å². The molecule has 0 spiro atoms. The van der Waals surface area contributed by atoms with Crippen LogP contribution in [0.15, 0.2) is 12.4 Å². The van der Waals surface area contributed by atoms with Crippen molar-refractivity contribution in [1.82, 2.24) is 19.8 Å². The molecule has 3 aliphatic rings. The van der Waals surface area contributed by atoms with Crippen LogP contribution in [0.3, 0.4) is 0 Å². The Labute approximate surface area is 202 Å². The number of rotatable bonds is 6. The predicted octanol–water partition coefficient (Wildman–Crippen LogP) is 3.29. The van der Waals surface area contributed by atoms with E-state index in [9.17, 15) is 18.0 Å². The van der Waals surface area contributed by atoms with Crippen LogP contribution in [-0.2, 0) is 9.47 Å². The van der Waals surface area contributed by atoms with E-state index in [1.54, 1.807) is 4.90 Å². The van der Waals surface area contributed by atoms with Gasteiger partial charge in [0.15, 0.2) is 0 Å². The molecule has 0 N–H and O–H groups in total. The van der Waals surface area contributed by atoms with E-state index in [4.69, 9.17) is 19.5 Å². The molecule has 1 atom stereocenters. The van der Waals surface area contributed by atoms with E-state index in [0.717, 1.165) is 25.7 Å². The lowest BCUT2D eigenvalue weighted by molar-refractivity contribution is -0.144. The van der Waals surface area contributed by atoms with E-state index in [1.807, 2.05) is 6.07 Å². The van der Waals surface area contributed by atoms with Crippen LogP contribution in [0.2, 0.25) is 0 Å². The number of alkyl halides is 3. The number of hydrogen-bond donors (Lipinski definition) is 0. The maximum absolute atomic E-state index is 12.5. The van der Waals surface area contributed by atoms with Crippen LogP contribution in [0.1, 0.15) is 50.6 Å². The number of carbonyl (C=O) groups excluding carboxylic acids is 1. The quantitative estimate of drug-likeness (QED) is 0.590. The average Bonchev–Trinajstić information content (AvgIpc) is 3.26. The van der Waals surface area contributed by atoms with Crippen LogP contribution in [0.25, 0.3) is 0 Å². The molecule has 12 heteroatoms. The van der Waals surface area contributed by atoms with Crippen molar-refractivity contribution in [3.8, 4) is 11.9 Å². The maximum atomic E-state index is 12.5. The topological polar surface area (TPSA) is 101 Å². The second-order valence-electron chi connectivity index (χ2n) is 9.31. The first-order valence-electron chi connectivity index (χ1n) is 12.1. The molecule has 0 unspecified atom stereocenters. The van der Waals surface area contributed by atoms with Crippen molar-refractivity contribution < 1.29 is 32.2 Å². The molecule has 0 bridgehead atoms. The summed E-state index contributed by atoms with van der Waals surface area (Å²) in [6, 6.07) is 1.99. The standard InChI is InChI=1S/C23H30F3N5O4/c24-23(25,26)15-30-10-5-19(14-30)35-22(32)31-11-6-18(7-12-31)33-16-1-3-17(4-2-16)34-21-20(13-27)28-8-9-29-21/h8-9,16-19H,1-7,10-12,14-15H2/t16-,17-,19-/m1/s1. The van der Waals surface area contributed by atoms with Crippen molar-refractivity contribution in [2.75, 3.05) is 32.7 Å². The molecule has 1 aromatic heterocycles. The van der Waals surface area contributed by atoms with Gasteiger partial charge in [-0.15, -0.1) is 0 Å². The molecule has 9 nitrogen and oxygen atoms in total. The Morgan fingerprint density at radius 2 is 1.60 bits per heavy atom. The molecule has 2 saturated heterocycles. The van der Waals surface area contributed by atoms with Crippen molar-refractivity contribution in [2.24, 2.45) is 0 Å². The lowest BCUT2D eigenvalue weighted by Gasteiger charge is -2.36. The van der Waals surface area contributed by atoms with Gasteiger partial charge in [0.2, 0.25) is 5.69 Å². The molecule has 35 heavy (non-hydrogen) atoms. The molecule has 3 heterocycles. The number of hydrogen-bond acceptors (Lipinski definition) is 8. The highest BCUT2D eigenvalue weighted by molar-refractivity contribution is 5.68. The van der Waals surface area contributed by atoms with Gasteiger partial charge in [-0.05, 0) is 44.9 Å². The summed E-state index contributed by atoms with van der Waals surface area (Å²) < 4.78 is 55.2. The Hall–Kier alpha value is -2.65. The zero-order valence-corrected chi connectivity index (χ0v) is 19.5. The maximum Gasteiger partial charge on any atom is 0.410 e. The van der Waals surface area contributed by atoms with Crippen LogP contribution in [0.5, 0.6) is 5.88 Å². The van der Waals surface area contributed by atoms with Gasteiger partial charge in [0.1, 0.15) is 18.3 Å². The normalized spacial score (nSPS) is 26.3. The monoisotopic (exact) mass is 497 g/mol. The molecule has 0 aromatic carbocycles. The molecule has 192 valence electrons. The van der Waals surface area contributed by atoms with Crippen LogP contribution < -0.4 is 4.74 Å². The SMILES string of the molecule is N#Cc1nccnc1O[C@H]1CC[C@H](OC2CCN(C(=O)O[C@@H]3CCN(CC(F)(F)F)C3)CC2)CC1. The van der Waals surface area contributed by atoms with E-state index >= 15 is 0 Å². The Morgan fingerprint density at radius 3 is 2.29 bits per heavy atom. The Morgan fingerprint density at radius 1 is 0.971 bits per heavy atom. The van der Waals surface area contributed by atoms with Crippen LogP contribution in [-0.4, -0.2) is 89.2 Å². The number of halogens is 3. The van der Waals surface area contributed by atoms with Gasteiger partial charge in [0.25, 0.3) is 5.88 Å². The van der Waals surface area contributed by atoms with E-state index in [1.165, 1.54) is 17.3 Å². The lowest BCUT2D eigenvalue weighted by Crippen LogP contribution is -2.44. The highest BCUT2D eigenvalue weighted by atomic mass is 19.4. The molecule has 1 amide bonds. The molecule has 0 radical (unpaired) electrons. The minimum atomic E-state index is -4.25. The summed E-state index contributed by atoms with van der Waals surface area (Å²) in [6.45, 7) is 0.430. The van der Waals surface area contributed by atoms with Gasteiger partial charge in [0, 0.05) is 38.6 Å². The molecule has 4 rings (SSSR count). The summed E-state index contributed by atoms with van der Waals surface area (Å²) in [5.74, 6) is 0.268. The first-order valence-corrected chi connectivity index (χ1v) is 12.1. The molecular formula is C23H30F3N5O4. The molecular weight excluding hydrogens is 467 g/mol. The first kappa shape index (κ1) is 25.4. The van der Waals surface area contributed by atoms with E-state index in [-0.39, 0.29) is 43.0 Å². The number of aromatic nitrogens is 2. The second kappa shape index (κ2) is 11.4. The third-order valence-electron chi connectivity index (χ3n) is 6.65. The van der Waals surface area contributed by atoms with Crippen LogP contribution in [0.4, 0.5) is 18.0 Å². The number of amides is 1. The van der Waals surface area contributed by atoms with Gasteiger partial charge in [-0.25, -0.2) is 14.8 Å². The fraction of sp³-hybridized carbons (Fsp3) is 0.739. The van der Waals surface area contributed by atoms with Gasteiger partial charge >= 0.3 is 12.3 Å². The van der Waals surface area contributed by atoms with Gasteiger partial charge in [-0.3, -0.25) is 4.90 Å². The lowest BCUT2D eigenvalue weighted by atomic mass is 9.94. The van der Waals surface area contributed by atoms with Gasteiger partial charge in [-0.2, -0.15) is 18.4 Å². The Balaban J connectivity index is 1.13. The van der Waals surface area contributed by atoms with Crippen molar-refractivity contribution in [3.63, 3.8) is 0 Å². The van der Waals surface area contributed by atoms with E-state index in [2.05, 4.69) is 9.97 Å². The average molecular weight is 498 g/mol. The number of nitrogens with zero attached hydrogens (tertiary/aromatic N) is 5. The van der Waals surface area contributed by atoms with E-state index in [0.29, 0.717) is 32.4 Å². The summed E-state index contributed by atoms with van der Waals surface area (Å²) in [4.78, 5) is 23.4. The molecule has 3 fully saturated rings. The summed E-state index contributed by atoms with van der Waals surface area (Å²) in [6.07, 6.45) is 2.99. The third kappa shape index (κ3) is 7.41. The Bertz CT molecular complexity index is 896. The number of piperidine rings is 1. The molecule has 1 saturated carbocycles. The van der Waals surface area contributed by atoms with Gasteiger partial charge < -0.3 is 19.1 Å². The largest absolute Gasteiger partial charge is 0.472 e. The zero-order chi connectivity index (χ0) is 24.8. The third-order valence-corrected chi connectivity index (χ3v) is 6.65. The van der Waals surface area contributed by atoms with Crippen LogP contribution >= 0.6 is 0 Å². The molecule has 1 aromatic rings. The number of ether oxygens (including phenoxy) is 3. The predicted molar refractivity (Wildman–Crippen MR) is 116 cm³/mol.